The Morgan fingerprint density at radius 2 is 1.80 bits per heavy atom. The van der Waals surface area contributed by atoms with Gasteiger partial charge in [0.05, 0.1) is 0 Å². The van der Waals surface area contributed by atoms with Crippen LogP contribution in [0.3, 0.4) is 0 Å². The first-order valence-corrected chi connectivity index (χ1v) is 8.19. The Morgan fingerprint density at radius 3 is 2.10 bits per heavy atom. The van der Waals surface area contributed by atoms with Gasteiger partial charge >= 0.3 is 0 Å². The fourth-order valence-corrected chi connectivity index (χ4v) is 2.91. The Balaban J connectivity index is 3.63. The van der Waals surface area contributed by atoms with Crippen molar-refractivity contribution in [2.45, 2.75) is 45.2 Å². The third-order valence-corrected chi connectivity index (χ3v) is 8.17. The van der Waals surface area contributed by atoms with Crippen molar-refractivity contribution in [1.29, 1.82) is 0 Å². The van der Waals surface area contributed by atoms with E-state index in [0.717, 1.165) is 6.04 Å². The fraction of sp³-hybridized carbons (Fsp3) is 1.00. The number of rotatable bonds is 4. The van der Waals surface area contributed by atoms with Gasteiger partial charge < -0.3 is 0 Å². The maximum atomic E-state index is 6.15. The SMILES string of the molecule is CCCC[Si](Cl)(Cl)C(C)C. The molecule has 0 aliphatic rings. The topological polar surface area (TPSA) is 0 Å². The first kappa shape index (κ1) is 10.8. The average molecular weight is 199 g/mol. The molecule has 0 N–H and O–H groups in total. The van der Waals surface area contributed by atoms with Crippen LogP contribution in [0.5, 0.6) is 0 Å². The van der Waals surface area contributed by atoms with E-state index in [4.69, 9.17) is 22.2 Å². The van der Waals surface area contributed by atoms with Crippen molar-refractivity contribution in [3.05, 3.63) is 0 Å². The van der Waals surface area contributed by atoms with Crippen molar-refractivity contribution >= 4 is 28.9 Å². The third-order valence-electron chi connectivity index (χ3n) is 1.71. The monoisotopic (exact) mass is 198 g/mol. The average Bonchev–Trinajstić information content (AvgIpc) is 1.84. The molecule has 10 heavy (non-hydrogen) atoms. The van der Waals surface area contributed by atoms with Gasteiger partial charge in [0, 0.05) is 0 Å². The highest BCUT2D eigenvalue weighted by Crippen LogP contribution is 2.34. The zero-order chi connectivity index (χ0) is 8.20. The molecule has 0 aliphatic heterocycles. The molecular weight excluding hydrogens is 183 g/mol. The van der Waals surface area contributed by atoms with Crippen LogP contribution >= 0.6 is 22.2 Å². The second-order valence-electron chi connectivity index (χ2n) is 3.02. The molecule has 0 bridgehead atoms. The van der Waals surface area contributed by atoms with E-state index in [-0.39, 0.29) is 0 Å². The highest BCUT2D eigenvalue weighted by atomic mass is 35.7. The van der Waals surface area contributed by atoms with E-state index in [0.29, 0.717) is 5.54 Å². The van der Waals surface area contributed by atoms with E-state index in [9.17, 15) is 0 Å². The van der Waals surface area contributed by atoms with Crippen molar-refractivity contribution in [2.24, 2.45) is 0 Å². The Hall–Kier alpha value is 0.797. The molecule has 0 heterocycles. The van der Waals surface area contributed by atoms with E-state index in [2.05, 4.69) is 20.8 Å². The van der Waals surface area contributed by atoms with E-state index < -0.39 is 6.69 Å². The Morgan fingerprint density at radius 1 is 1.30 bits per heavy atom. The van der Waals surface area contributed by atoms with Crippen molar-refractivity contribution in [2.75, 3.05) is 0 Å². The van der Waals surface area contributed by atoms with Crippen LogP contribution in [0.15, 0.2) is 0 Å². The normalized spacial score (nSPS) is 12.6. The predicted molar refractivity (Wildman–Crippen MR) is 52.3 cm³/mol. The Labute approximate surface area is 74.3 Å². The van der Waals surface area contributed by atoms with Crippen molar-refractivity contribution in [3.8, 4) is 0 Å². The lowest BCUT2D eigenvalue weighted by Crippen LogP contribution is -2.22. The van der Waals surface area contributed by atoms with Gasteiger partial charge in [0.25, 0.3) is 6.69 Å². The lowest BCUT2D eigenvalue weighted by molar-refractivity contribution is 0.862. The molecule has 0 unspecified atom stereocenters. The summed E-state index contributed by atoms with van der Waals surface area (Å²) in [5, 5.41) is 0. The molecule has 0 aromatic heterocycles. The molecule has 0 amide bonds. The summed E-state index contributed by atoms with van der Waals surface area (Å²) in [6.07, 6.45) is 2.37. The minimum absolute atomic E-state index is 0.488. The van der Waals surface area contributed by atoms with Gasteiger partial charge in [-0.15, -0.1) is 22.2 Å². The fourth-order valence-electron chi connectivity index (χ4n) is 0.701. The molecule has 0 aromatic carbocycles. The summed E-state index contributed by atoms with van der Waals surface area (Å²) in [5.41, 5.74) is 0.488. The molecule has 0 aromatic rings. The van der Waals surface area contributed by atoms with Gasteiger partial charge in [-0.25, -0.2) is 0 Å². The van der Waals surface area contributed by atoms with Crippen LogP contribution in [-0.2, 0) is 0 Å². The maximum absolute atomic E-state index is 6.15. The molecule has 62 valence electrons. The van der Waals surface area contributed by atoms with Gasteiger partial charge in [-0.2, -0.15) is 0 Å². The maximum Gasteiger partial charge on any atom is 0.253 e. The van der Waals surface area contributed by atoms with Gasteiger partial charge in [-0.1, -0.05) is 33.6 Å². The van der Waals surface area contributed by atoms with Gasteiger partial charge in [0.1, 0.15) is 0 Å². The minimum atomic E-state index is -1.86. The largest absolute Gasteiger partial charge is 0.253 e. The second-order valence-corrected chi connectivity index (χ2v) is 10.8. The van der Waals surface area contributed by atoms with Gasteiger partial charge in [-0.05, 0) is 11.6 Å². The van der Waals surface area contributed by atoms with E-state index in [1.165, 1.54) is 12.8 Å². The first-order chi connectivity index (χ1) is 4.50. The van der Waals surface area contributed by atoms with Gasteiger partial charge in [-0.3, -0.25) is 0 Å². The summed E-state index contributed by atoms with van der Waals surface area (Å²) in [4.78, 5) is 0. The van der Waals surface area contributed by atoms with E-state index in [1.807, 2.05) is 0 Å². The summed E-state index contributed by atoms with van der Waals surface area (Å²) in [6.45, 7) is 4.53. The molecule has 0 atom stereocenters. The lowest BCUT2D eigenvalue weighted by Gasteiger charge is -2.19. The number of hydrogen-bond acceptors (Lipinski definition) is 0. The number of hydrogen-bond donors (Lipinski definition) is 0. The second kappa shape index (κ2) is 4.63. The standard InChI is InChI=1S/C7H16Cl2Si/c1-4-5-6-10(8,9)7(2)3/h7H,4-6H2,1-3H3. The highest BCUT2D eigenvalue weighted by molar-refractivity contribution is 7.45. The highest BCUT2D eigenvalue weighted by Gasteiger charge is 2.31. The summed E-state index contributed by atoms with van der Waals surface area (Å²) < 4.78 is 0. The van der Waals surface area contributed by atoms with Crippen molar-refractivity contribution in [3.63, 3.8) is 0 Å². The molecule has 0 nitrogen and oxygen atoms in total. The molecule has 0 fully saturated rings. The number of unbranched alkanes of at least 4 members (excludes halogenated alkanes) is 1. The molecule has 0 spiro atoms. The Kier molecular flexibility index (Phi) is 5.00. The lowest BCUT2D eigenvalue weighted by atomic mass is 10.4. The van der Waals surface area contributed by atoms with Gasteiger partial charge in [0.15, 0.2) is 0 Å². The number of halogens is 2. The molecule has 0 radical (unpaired) electrons. The van der Waals surface area contributed by atoms with Crippen LogP contribution in [0, 0.1) is 0 Å². The minimum Gasteiger partial charge on any atom is -0.146 e. The molecular formula is C7H16Cl2Si. The molecule has 0 saturated heterocycles. The zero-order valence-electron chi connectivity index (χ0n) is 6.95. The third kappa shape index (κ3) is 3.84. The zero-order valence-corrected chi connectivity index (χ0v) is 9.47. The molecule has 0 saturated carbocycles. The molecule has 0 rings (SSSR count). The van der Waals surface area contributed by atoms with E-state index >= 15 is 0 Å². The summed E-state index contributed by atoms with van der Waals surface area (Å²) in [5.74, 6) is 0. The first-order valence-electron chi connectivity index (χ1n) is 3.88. The Bertz CT molecular complexity index is 91.6. The van der Waals surface area contributed by atoms with Crippen molar-refractivity contribution < 1.29 is 0 Å². The van der Waals surface area contributed by atoms with Crippen LogP contribution in [-0.4, -0.2) is 6.69 Å². The van der Waals surface area contributed by atoms with Gasteiger partial charge in [0.2, 0.25) is 0 Å². The smallest absolute Gasteiger partial charge is 0.146 e. The van der Waals surface area contributed by atoms with E-state index in [1.54, 1.807) is 0 Å². The molecule has 0 aliphatic carbocycles. The van der Waals surface area contributed by atoms with Crippen LogP contribution in [0.25, 0.3) is 0 Å². The quantitative estimate of drug-likeness (QED) is 0.472. The molecule has 3 heteroatoms. The van der Waals surface area contributed by atoms with Crippen LogP contribution < -0.4 is 0 Å². The summed E-state index contributed by atoms with van der Waals surface area (Å²) in [7, 11) is 0. The predicted octanol–water partition coefficient (Wildman–Crippen LogP) is 4.12. The van der Waals surface area contributed by atoms with Crippen LogP contribution in [0.4, 0.5) is 0 Å². The summed E-state index contributed by atoms with van der Waals surface area (Å²) >= 11 is 12.3. The van der Waals surface area contributed by atoms with Crippen molar-refractivity contribution in [1.82, 2.24) is 0 Å². The summed E-state index contributed by atoms with van der Waals surface area (Å²) in [6, 6.07) is 1.05. The van der Waals surface area contributed by atoms with Crippen LogP contribution in [0.2, 0.25) is 11.6 Å². The van der Waals surface area contributed by atoms with Crippen LogP contribution in [0.1, 0.15) is 33.6 Å².